The molecule has 1 aromatic rings. The van der Waals surface area contributed by atoms with E-state index in [2.05, 4.69) is 22.2 Å². The van der Waals surface area contributed by atoms with Crippen LogP contribution in [0.4, 0.5) is 0 Å². The number of hydrogen-bond donors (Lipinski definition) is 1. The van der Waals surface area contributed by atoms with E-state index in [0.29, 0.717) is 0 Å². The van der Waals surface area contributed by atoms with E-state index in [4.69, 9.17) is 4.74 Å². The lowest BCUT2D eigenvalue weighted by Crippen LogP contribution is -2.24. The van der Waals surface area contributed by atoms with Gasteiger partial charge in [0.2, 0.25) is 0 Å². The average Bonchev–Trinajstić information content (AvgIpc) is 2.25. The first-order valence-corrected chi connectivity index (χ1v) is 4.87. The van der Waals surface area contributed by atoms with Crippen molar-refractivity contribution in [3.05, 3.63) is 24.3 Å². The van der Waals surface area contributed by atoms with Crippen molar-refractivity contribution in [2.24, 2.45) is 0 Å². The summed E-state index contributed by atoms with van der Waals surface area (Å²) in [7, 11) is 1.70. The van der Waals surface area contributed by atoms with Gasteiger partial charge in [-0.05, 0) is 19.0 Å². The van der Waals surface area contributed by atoms with E-state index in [1.807, 2.05) is 6.07 Å². The lowest BCUT2D eigenvalue weighted by Gasteiger charge is -2.15. The lowest BCUT2D eigenvalue weighted by molar-refractivity contribution is 0.182. The molecule has 1 rings (SSSR count). The van der Waals surface area contributed by atoms with Crippen LogP contribution in [0.15, 0.2) is 18.5 Å². The van der Waals surface area contributed by atoms with Crippen LogP contribution < -0.4 is 5.32 Å². The summed E-state index contributed by atoms with van der Waals surface area (Å²) < 4.78 is 5.04. The quantitative estimate of drug-likeness (QED) is 0.740. The van der Waals surface area contributed by atoms with Crippen LogP contribution in [0, 0.1) is 0 Å². The van der Waals surface area contributed by atoms with Crippen LogP contribution in [0.2, 0.25) is 0 Å². The average molecular weight is 195 g/mol. The Morgan fingerprint density at radius 3 is 2.71 bits per heavy atom. The highest BCUT2D eigenvalue weighted by molar-refractivity contribution is 4.95. The molecule has 78 valence electrons. The molecule has 0 aromatic carbocycles. The molecule has 0 aliphatic carbocycles. The standard InChI is InChI=1S/C10H17N3O/c1-3-11-9(5-8-14-2)10-12-6-4-7-13-10/h4,6-7,9,11H,3,5,8H2,1-2H3. The number of aromatic nitrogens is 2. The molecule has 0 aliphatic rings. The molecule has 1 unspecified atom stereocenters. The number of nitrogens with zero attached hydrogens (tertiary/aromatic N) is 2. The topological polar surface area (TPSA) is 47.0 Å². The molecule has 0 saturated heterocycles. The molecule has 1 N–H and O–H groups in total. The van der Waals surface area contributed by atoms with Crippen LogP contribution in [-0.4, -0.2) is 30.2 Å². The number of rotatable bonds is 6. The molecule has 0 bridgehead atoms. The Morgan fingerprint density at radius 2 is 2.14 bits per heavy atom. The van der Waals surface area contributed by atoms with Crippen molar-refractivity contribution in [1.82, 2.24) is 15.3 Å². The predicted octanol–water partition coefficient (Wildman–Crippen LogP) is 1.16. The van der Waals surface area contributed by atoms with Gasteiger partial charge in [-0.3, -0.25) is 0 Å². The Bertz CT molecular complexity index is 240. The summed E-state index contributed by atoms with van der Waals surface area (Å²) in [6.45, 7) is 3.70. The van der Waals surface area contributed by atoms with Gasteiger partial charge in [0.25, 0.3) is 0 Å². The molecule has 4 heteroatoms. The smallest absolute Gasteiger partial charge is 0.145 e. The van der Waals surface area contributed by atoms with Crippen molar-refractivity contribution in [3.8, 4) is 0 Å². The summed E-state index contributed by atoms with van der Waals surface area (Å²) >= 11 is 0. The fourth-order valence-electron chi connectivity index (χ4n) is 1.30. The Hall–Kier alpha value is -1.00. The highest BCUT2D eigenvalue weighted by Gasteiger charge is 2.11. The Labute approximate surface area is 84.7 Å². The van der Waals surface area contributed by atoms with Crippen LogP contribution in [0.1, 0.15) is 25.2 Å². The van der Waals surface area contributed by atoms with Crippen molar-refractivity contribution >= 4 is 0 Å². The largest absolute Gasteiger partial charge is 0.385 e. The Balaban J connectivity index is 2.58. The molecular weight excluding hydrogens is 178 g/mol. The minimum Gasteiger partial charge on any atom is -0.385 e. The summed E-state index contributed by atoms with van der Waals surface area (Å²) in [5, 5.41) is 3.33. The monoisotopic (exact) mass is 195 g/mol. The molecule has 1 atom stereocenters. The van der Waals surface area contributed by atoms with Crippen LogP contribution in [-0.2, 0) is 4.74 Å². The zero-order valence-electron chi connectivity index (χ0n) is 8.73. The van der Waals surface area contributed by atoms with Crippen molar-refractivity contribution in [3.63, 3.8) is 0 Å². The molecule has 0 saturated carbocycles. The molecule has 1 heterocycles. The zero-order chi connectivity index (χ0) is 10.2. The van der Waals surface area contributed by atoms with Gasteiger partial charge in [-0.1, -0.05) is 6.92 Å². The summed E-state index contributed by atoms with van der Waals surface area (Å²) in [5.74, 6) is 0.839. The van der Waals surface area contributed by atoms with Gasteiger partial charge >= 0.3 is 0 Å². The third-order valence-corrected chi connectivity index (χ3v) is 1.96. The Morgan fingerprint density at radius 1 is 1.43 bits per heavy atom. The minimum atomic E-state index is 0.196. The maximum Gasteiger partial charge on any atom is 0.145 e. The zero-order valence-corrected chi connectivity index (χ0v) is 8.73. The van der Waals surface area contributed by atoms with Crippen LogP contribution in [0.3, 0.4) is 0 Å². The molecule has 14 heavy (non-hydrogen) atoms. The second-order valence-electron chi connectivity index (χ2n) is 3.00. The molecule has 1 aromatic heterocycles. The van der Waals surface area contributed by atoms with Crippen LogP contribution >= 0.6 is 0 Å². The lowest BCUT2D eigenvalue weighted by atomic mass is 10.2. The van der Waals surface area contributed by atoms with E-state index in [9.17, 15) is 0 Å². The van der Waals surface area contributed by atoms with Gasteiger partial charge < -0.3 is 10.1 Å². The van der Waals surface area contributed by atoms with Crippen LogP contribution in [0.5, 0.6) is 0 Å². The first-order valence-electron chi connectivity index (χ1n) is 4.87. The highest BCUT2D eigenvalue weighted by atomic mass is 16.5. The number of hydrogen-bond acceptors (Lipinski definition) is 4. The SMILES string of the molecule is CCNC(CCOC)c1ncccn1. The van der Waals surface area contributed by atoms with E-state index in [-0.39, 0.29) is 6.04 Å². The molecule has 0 aliphatic heterocycles. The van der Waals surface area contributed by atoms with E-state index in [0.717, 1.165) is 25.4 Å². The molecule has 0 fully saturated rings. The van der Waals surface area contributed by atoms with Gasteiger partial charge in [0.15, 0.2) is 0 Å². The number of ether oxygens (including phenoxy) is 1. The van der Waals surface area contributed by atoms with Gasteiger partial charge in [0.05, 0.1) is 6.04 Å². The van der Waals surface area contributed by atoms with Crippen molar-refractivity contribution in [2.75, 3.05) is 20.3 Å². The normalized spacial score (nSPS) is 12.7. The Kier molecular flexibility index (Phi) is 5.11. The van der Waals surface area contributed by atoms with E-state index < -0.39 is 0 Å². The van der Waals surface area contributed by atoms with Gasteiger partial charge in [-0.15, -0.1) is 0 Å². The van der Waals surface area contributed by atoms with Crippen LogP contribution in [0.25, 0.3) is 0 Å². The molecule has 4 nitrogen and oxygen atoms in total. The third kappa shape index (κ3) is 3.40. The first kappa shape index (κ1) is 11.1. The highest BCUT2D eigenvalue weighted by Crippen LogP contribution is 2.10. The maximum atomic E-state index is 5.04. The minimum absolute atomic E-state index is 0.196. The molecule has 0 spiro atoms. The van der Waals surface area contributed by atoms with E-state index >= 15 is 0 Å². The summed E-state index contributed by atoms with van der Waals surface area (Å²) in [5.41, 5.74) is 0. The molecular formula is C10H17N3O. The fraction of sp³-hybridized carbons (Fsp3) is 0.600. The second kappa shape index (κ2) is 6.45. The van der Waals surface area contributed by atoms with Gasteiger partial charge in [0.1, 0.15) is 5.82 Å². The maximum absolute atomic E-state index is 5.04. The molecule has 0 amide bonds. The van der Waals surface area contributed by atoms with Gasteiger partial charge in [0, 0.05) is 26.1 Å². The molecule has 0 radical (unpaired) electrons. The van der Waals surface area contributed by atoms with Crippen molar-refractivity contribution < 1.29 is 4.74 Å². The number of methoxy groups -OCH3 is 1. The second-order valence-corrected chi connectivity index (χ2v) is 3.00. The van der Waals surface area contributed by atoms with Crippen molar-refractivity contribution in [1.29, 1.82) is 0 Å². The fourth-order valence-corrected chi connectivity index (χ4v) is 1.30. The van der Waals surface area contributed by atoms with Crippen molar-refractivity contribution in [2.45, 2.75) is 19.4 Å². The summed E-state index contributed by atoms with van der Waals surface area (Å²) in [6.07, 6.45) is 4.42. The summed E-state index contributed by atoms with van der Waals surface area (Å²) in [4.78, 5) is 8.44. The predicted molar refractivity (Wildman–Crippen MR) is 54.9 cm³/mol. The van der Waals surface area contributed by atoms with Gasteiger partial charge in [-0.2, -0.15) is 0 Å². The van der Waals surface area contributed by atoms with E-state index in [1.54, 1.807) is 19.5 Å². The first-order chi connectivity index (χ1) is 6.88. The van der Waals surface area contributed by atoms with E-state index in [1.165, 1.54) is 0 Å². The van der Waals surface area contributed by atoms with Gasteiger partial charge in [-0.25, -0.2) is 9.97 Å². The summed E-state index contributed by atoms with van der Waals surface area (Å²) in [6, 6.07) is 2.02. The number of nitrogens with one attached hydrogen (secondary N) is 1. The third-order valence-electron chi connectivity index (χ3n) is 1.96.